The van der Waals surface area contributed by atoms with Gasteiger partial charge in [0.15, 0.2) is 11.5 Å². The van der Waals surface area contributed by atoms with Gasteiger partial charge in [0.1, 0.15) is 5.69 Å². The first-order valence-corrected chi connectivity index (χ1v) is 5.53. The lowest BCUT2D eigenvalue weighted by Gasteiger charge is -2.14. The van der Waals surface area contributed by atoms with Crippen LogP contribution in [0.1, 0.15) is 17.0 Å². The van der Waals surface area contributed by atoms with E-state index in [-0.39, 0.29) is 5.82 Å². The number of halogens is 6. The minimum absolute atomic E-state index is 0.339. The van der Waals surface area contributed by atoms with E-state index in [1.807, 2.05) is 0 Å². The molecule has 0 radical (unpaired) electrons. The first kappa shape index (κ1) is 15.2. The van der Waals surface area contributed by atoms with Crippen molar-refractivity contribution in [2.24, 2.45) is 0 Å². The molecule has 3 nitrogen and oxygen atoms in total. The van der Waals surface area contributed by atoms with Crippen LogP contribution in [-0.2, 0) is 12.4 Å². The smallest absolute Gasteiger partial charge is 0.238 e. The second kappa shape index (κ2) is 4.97. The van der Waals surface area contributed by atoms with Gasteiger partial charge >= 0.3 is 12.4 Å². The Hall–Kier alpha value is -2.19. The highest BCUT2D eigenvalue weighted by Crippen LogP contribution is 2.37. The lowest BCUT2D eigenvalue weighted by Crippen LogP contribution is -2.16. The van der Waals surface area contributed by atoms with Gasteiger partial charge in [-0.15, -0.1) is 0 Å². The largest absolute Gasteiger partial charge is 0.434 e. The van der Waals surface area contributed by atoms with Crippen molar-refractivity contribution in [3.05, 3.63) is 41.5 Å². The summed E-state index contributed by atoms with van der Waals surface area (Å²) in [6.45, 7) is 1.62. The van der Waals surface area contributed by atoms with Crippen molar-refractivity contribution in [3.8, 4) is 11.4 Å². The van der Waals surface area contributed by atoms with E-state index in [9.17, 15) is 26.3 Å². The standard InChI is InChI=1S/C12H7F6N3/c1-6-4-19-10(20-5-6)7-2-3-8(11(13,14)15)21-9(7)12(16,17)18/h2-5H,1H3. The summed E-state index contributed by atoms with van der Waals surface area (Å²) in [5.74, 6) is -0.339. The van der Waals surface area contributed by atoms with Gasteiger partial charge in [-0.25, -0.2) is 15.0 Å². The Morgan fingerprint density at radius 3 is 1.90 bits per heavy atom. The Labute approximate surface area is 114 Å². The molecular formula is C12H7F6N3. The predicted molar refractivity (Wildman–Crippen MR) is 60.0 cm³/mol. The van der Waals surface area contributed by atoms with Crippen LogP contribution in [0.3, 0.4) is 0 Å². The van der Waals surface area contributed by atoms with Crippen molar-refractivity contribution >= 4 is 0 Å². The molecule has 0 spiro atoms. The molecule has 2 aromatic heterocycles. The number of aryl methyl sites for hydroxylation is 1. The van der Waals surface area contributed by atoms with Gasteiger partial charge < -0.3 is 0 Å². The van der Waals surface area contributed by atoms with Gasteiger partial charge in [-0.2, -0.15) is 26.3 Å². The molecular weight excluding hydrogens is 300 g/mol. The van der Waals surface area contributed by atoms with Crippen LogP contribution in [0.15, 0.2) is 24.5 Å². The number of pyridine rings is 1. The number of hydrogen-bond acceptors (Lipinski definition) is 3. The monoisotopic (exact) mass is 307 g/mol. The summed E-state index contributed by atoms with van der Waals surface area (Å²) in [4.78, 5) is 10.0. The van der Waals surface area contributed by atoms with E-state index in [0.717, 1.165) is 0 Å². The van der Waals surface area contributed by atoms with Crippen LogP contribution in [0.25, 0.3) is 11.4 Å². The average molecular weight is 307 g/mol. The molecule has 2 rings (SSSR count). The Morgan fingerprint density at radius 1 is 0.857 bits per heavy atom. The lowest BCUT2D eigenvalue weighted by atomic mass is 10.1. The summed E-state index contributed by atoms with van der Waals surface area (Å²) in [6, 6.07) is 1.14. The molecule has 0 aliphatic heterocycles. The second-order valence-corrected chi connectivity index (χ2v) is 4.17. The van der Waals surface area contributed by atoms with E-state index in [2.05, 4.69) is 15.0 Å². The number of nitrogens with zero attached hydrogens (tertiary/aromatic N) is 3. The Morgan fingerprint density at radius 2 is 1.43 bits per heavy atom. The van der Waals surface area contributed by atoms with Gasteiger partial charge in [0.05, 0.1) is 5.56 Å². The third kappa shape index (κ3) is 3.29. The highest BCUT2D eigenvalue weighted by molar-refractivity contribution is 5.59. The Balaban J connectivity index is 2.63. The summed E-state index contributed by atoms with van der Waals surface area (Å²) in [7, 11) is 0. The summed E-state index contributed by atoms with van der Waals surface area (Å²) in [5.41, 5.74) is -3.28. The molecule has 0 N–H and O–H groups in total. The summed E-state index contributed by atoms with van der Waals surface area (Å²) in [5, 5.41) is 0. The quantitative estimate of drug-likeness (QED) is 0.750. The molecule has 9 heteroatoms. The maximum atomic E-state index is 12.9. The van der Waals surface area contributed by atoms with E-state index in [4.69, 9.17) is 0 Å². The number of aromatic nitrogens is 3. The highest BCUT2D eigenvalue weighted by atomic mass is 19.4. The molecule has 2 heterocycles. The minimum atomic E-state index is -5.05. The molecule has 0 unspecified atom stereocenters. The van der Waals surface area contributed by atoms with E-state index in [1.165, 1.54) is 12.4 Å². The molecule has 0 bridgehead atoms. The summed E-state index contributed by atoms with van der Waals surface area (Å²) in [6.07, 6.45) is -7.49. The number of alkyl halides is 6. The van der Waals surface area contributed by atoms with Crippen molar-refractivity contribution in [2.75, 3.05) is 0 Å². The van der Waals surface area contributed by atoms with E-state index in [1.54, 1.807) is 6.92 Å². The normalized spacial score (nSPS) is 12.5. The Bertz CT molecular complexity index is 646. The average Bonchev–Trinajstić information content (AvgIpc) is 2.37. The first-order valence-electron chi connectivity index (χ1n) is 5.53. The van der Waals surface area contributed by atoms with Crippen LogP contribution >= 0.6 is 0 Å². The fourth-order valence-corrected chi connectivity index (χ4v) is 1.55. The van der Waals surface area contributed by atoms with Gasteiger partial charge in [0.25, 0.3) is 0 Å². The molecule has 0 aromatic carbocycles. The number of rotatable bonds is 1. The second-order valence-electron chi connectivity index (χ2n) is 4.17. The van der Waals surface area contributed by atoms with Crippen LogP contribution in [0.2, 0.25) is 0 Å². The molecule has 0 saturated heterocycles. The predicted octanol–water partition coefficient (Wildman–Crippen LogP) is 3.88. The fraction of sp³-hybridized carbons (Fsp3) is 0.250. The van der Waals surface area contributed by atoms with Crippen LogP contribution in [0, 0.1) is 6.92 Å². The summed E-state index contributed by atoms with van der Waals surface area (Å²) >= 11 is 0. The molecule has 21 heavy (non-hydrogen) atoms. The molecule has 0 saturated carbocycles. The van der Waals surface area contributed by atoms with Gasteiger partial charge in [-0.3, -0.25) is 0 Å². The topological polar surface area (TPSA) is 38.7 Å². The van der Waals surface area contributed by atoms with Crippen molar-refractivity contribution in [1.29, 1.82) is 0 Å². The molecule has 0 atom stereocenters. The third-order valence-electron chi connectivity index (χ3n) is 2.48. The zero-order chi connectivity index (χ0) is 15.8. The van der Waals surface area contributed by atoms with Crippen LogP contribution in [-0.4, -0.2) is 15.0 Å². The van der Waals surface area contributed by atoms with Crippen molar-refractivity contribution in [1.82, 2.24) is 15.0 Å². The van der Waals surface area contributed by atoms with Gasteiger partial charge in [0.2, 0.25) is 0 Å². The van der Waals surface area contributed by atoms with E-state index < -0.39 is 29.3 Å². The van der Waals surface area contributed by atoms with Crippen LogP contribution in [0.5, 0.6) is 0 Å². The van der Waals surface area contributed by atoms with Crippen molar-refractivity contribution in [3.63, 3.8) is 0 Å². The maximum Gasteiger partial charge on any atom is 0.434 e. The Kier molecular flexibility index (Phi) is 3.60. The van der Waals surface area contributed by atoms with Gasteiger partial charge in [0, 0.05) is 12.4 Å². The van der Waals surface area contributed by atoms with Gasteiger partial charge in [-0.05, 0) is 24.6 Å². The number of hydrogen-bond donors (Lipinski definition) is 0. The molecule has 2 aromatic rings. The SMILES string of the molecule is Cc1cnc(-c2ccc(C(F)(F)F)nc2C(F)(F)F)nc1. The summed E-state index contributed by atoms with van der Waals surface area (Å²) < 4.78 is 76.1. The lowest BCUT2D eigenvalue weighted by molar-refractivity contribution is -0.149. The zero-order valence-electron chi connectivity index (χ0n) is 10.4. The third-order valence-corrected chi connectivity index (χ3v) is 2.48. The van der Waals surface area contributed by atoms with Crippen LogP contribution in [0.4, 0.5) is 26.3 Å². The van der Waals surface area contributed by atoms with Crippen molar-refractivity contribution < 1.29 is 26.3 Å². The molecule has 0 aliphatic rings. The molecule has 0 amide bonds. The molecule has 0 aliphatic carbocycles. The fourth-order valence-electron chi connectivity index (χ4n) is 1.55. The maximum absolute atomic E-state index is 12.9. The minimum Gasteiger partial charge on any atom is -0.238 e. The molecule has 0 fully saturated rings. The van der Waals surface area contributed by atoms with Gasteiger partial charge in [-0.1, -0.05) is 0 Å². The highest BCUT2D eigenvalue weighted by Gasteiger charge is 2.40. The first-order chi connectivity index (χ1) is 9.59. The molecule has 112 valence electrons. The zero-order valence-corrected chi connectivity index (χ0v) is 10.4. The van der Waals surface area contributed by atoms with E-state index >= 15 is 0 Å². The van der Waals surface area contributed by atoms with Crippen LogP contribution < -0.4 is 0 Å². The van der Waals surface area contributed by atoms with E-state index in [0.29, 0.717) is 17.7 Å². The van der Waals surface area contributed by atoms with Crippen molar-refractivity contribution in [2.45, 2.75) is 19.3 Å².